The van der Waals surface area contributed by atoms with Crippen molar-refractivity contribution in [3.05, 3.63) is 0 Å². The maximum absolute atomic E-state index is 11.7. The summed E-state index contributed by atoms with van der Waals surface area (Å²) in [5.74, 6) is 0.344. The number of carbonyl (C=O) groups excluding carboxylic acids is 1. The van der Waals surface area contributed by atoms with Gasteiger partial charge in [0.2, 0.25) is 5.91 Å². The van der Waals surface area contributed by atoms with E-state index in [1.165, 1.54) is 0 Å². The summed E-state index contributed by atoms with van der Waals surface area (Å²) in [5.41, 5.74) is 0. The lowest BCUT2D eigenvalue weighted by atomic mass is 9.98. The normalized spacial score (nSPS) is 17.5. The monoisotopic (exact) mass is 210 g/mol. The van der Waals surface area contributed by atoms with E-state index in [0.29, 0.717) is 13.0 Å². The number of hydrogen-bond donors (Lipinski definition) is 0. The highest BCUT2D eigenvalue weighted by Gasteiger charge is 2.21. The highest BCUT2D eigenvalue weighted by molar-refractivity contribution is 5.76. The second-order valence-corrected chi connectivity index (χ2v) is 3.88. The number of rotatable bonds is 4. The van der Waals surface area contributed by atoms with Gasteiger partial charge in [0, 0.05) is 39.1 Å². The number of hydrogen-bond acceptors (Lipinski definition) is 3. The van der Waals surface area contributed by atoms with Crippen molar-refractivity contribution in [2.75, 3.05) is 26.8 Å². The van der Waals surface area contributed by atoms with Gasteiger partial charge in [-0.05, 0) is 19.3 Å². The Morgan fingerprint density at radius 2 is 2.20 bits per heavy atom. The number of amides is 1. The lowest BCUT2D eigenvalue weighted by Crippen LogP contribution is -2.38. The summed E-state index contributed by atoms with van der Waals surface area (Å²) in [4.78, 5) is 13.5. The smallest absolute Gasteiger partial charge is 0.222 e. The van der Waals surface area contributed by atoms with E-state index in [1.807, 2.05) is 4.90 Å². The van der Waals surface area contributed by atoms with E-state index in [9.17, 15) is 4.79 Å². The van der Waals surface area contributed by atoms with Gasteiger partial charge in [-0.15, -0.1) is 0 Å². The van der Waals surface area contributed by atoms with Crippen molar-refractivity contribution in [3.8, 4) is 6.07 Å². The molecule has 15 heavy (non-hydrogen) atoms. The van der Waals surface area contributed by atoms with E-state index in [0.717, 1.165) is 32.4 Å². The number of carbonyl (C=O) groups is 1. The summed E-state index contributed by atoms with van der Waals surface area (Å²) in [5, 5.41) is 8.72. The molecule has 1 aliphatic rings. The molecule has 1 heterocycles. The van der Waals surface area contributed by atoms with E-state index in [-0.39, 0.29) is 11.8 Å². The molecule has 1 amide bonds. The number of methoxy groups -OCH3 is 1. The Hall–Kier alpha value is -1.08. The number of nitriles is 1. The molecule has 1 fully saturated rings. The minimum atomic E-state index is 0.146. The average Bonchev–Trinajstić information content (AvgIpc) is 2.29. The summed E-state index contributed by atoms with van der Waals surface area (Å²) in [6, 6.07) is 2.26. The molecule has 1 aliphatic heterocycles. The van der Waals surface area contributed by atoms with E-state index < -0.39 is 0 Å². The van der Waals surface area contributed by atoms with Crippen LogP contribution < -0.4 is 0 Å². The van der Waals surface area contributed by atoms with Crippen LogP contribution in [0, 0.1) is 17.2 Å². The predicted molar refractivity (Wildman–Crippen MR) is 56.0 cm³/mol. The molecule has 0 saturated carbocycles. The van der Waals surface area contributed by atoms with Gasteiger partial charge in [-0.1, -0.05) is 0 Å². The molecule has 0 aromatic heterocycles. The number of nitrogens with zero attached hydrogens (tertiary/aromatic N) is 2. The molecule has 0 aromatic rings. The van der Waals surface area contributed by atoms with Crippen LogP contribution in [0.15, 0.2) is 0 Å². The Kier molecular flexibility index (Phi) is 5.13. The van der Waals surface area contributed by atoms with Crippen LogP contribution in [0.3, 0.4) is 0 Å². The zero-order valence-electron chi connectivity index (χ0n) is 9.24. The molecular formula is C11H18N2O2. The maximum atomic E-state index is 11.7. The molecule has 0 unspecified atom stereocenters. The zero-order valence-corrected chi connectivity index (χ0v) is 9.24. The highest BCUT2D eigenvalue weighted by Crippen LogP contribution is 2.16. The molecule has 1 rings (SSSR count). The molecule has 4 heteroatoms. The van der Waals surface area contributed by atoms with Crippen LogP contribution in [-0.4, -0.2) is 37.6 Å². The third-order valence-electron chi connectivity index (χ3n) is 2.77. The molecule has 4 nitrogen and oxygen atoms in total. The highest BCUT2D eigenvalue weighted by atomic mass is 16.5. The molecule has 0 spiro atoms. The Morgan fingerprint density at radius 1 is 1.53 bits per heavy atom. The minimum absolute atomic E-state index is 0.146. The van der Waals surface area contributed by atoms with Crippen molar-refractivity contribution in [2.45, 2.75) is 25.7 Å². The molecule has 0 radical (unpaired) electrons. The van der Waals surface area contributed by atoms with Crippen LogP contribution in [0.4, 0.5) is 0 Å². The summed E-state index contributed by atoms with van der Waals surface area (Å²) < 4.78 is 4.90. The van der Waals surface area contributed by atoms with Gasteiger partial charge in [0.1, 0.15) is 0 Å². The Bertz CT molecular complexity index is 239. The summed E-state index contributed by atoms with van der Waals surface area (Å²) >= 11 is 0. The van der Waals surface area contributed by atoms with Crippen molar-refractivity contribution in [1.82, 2.24) is 4.90 Å². The minimum Gasteiger partial charge on any atom is -0.385 e. The second-order valence-electron chi connectivity index (χ2n) is 3.88. The first-order chi connectivity index (χ1) is 7.27. The van der Waals surface area contributed by atoms with Crippen LogP contribution in [0.2, 0.25) is 0 Å². The van der Waals surface area contributed by atoms with Gasteiger partial charge in [-0.25, -0.2) is 0 Å². The summed E-state index contributed by atoms with van der Waals surface area (Å²) in [7, 11) is 1.64. The fraction of sp³-hybridized carbons (Fsp3) is 0.818. The maximum Gasteiger partial charge on any atom is 0.222 e. The lowest BCUT2D eigenvalue weighted by Gasteiger charge is -2.29. The number of likely N-dealkylation sites (tertiary alicyclic amines) is 1. The third kappa shape index (κ3) is 3.88. The summed E-state index contributed by atoms with van der Waals surface area (Å²) in [6.45, 7) is 2.12. The van der Waals surface area contributed by atoms with Gasteiger partial charge < -0.3 is 9.64 Å². The van der Waals surface area contributed by atoms with Crippen molar-refractivity contribution in [1.29, 1.82) is 5.26 Å². The molecule has 1 saturated heterocycles. The van der Waals surface area contributed by atoms with Crippen molar-refractivity contribution in [3.63, 3.8) is 0 Å². The van der Waals surface area contributed by atoms with Crippen LogP contribution in [-0.2, 0) is 9.53 Å². The molecular weight excluding hydrogens is 192 g/mol. The molecule has 0 atom stereocenters. The first-order valence-electron chi connectivity index (χ1n) is 5.44. The molecule has 84 valence electrons. The third-order valence-corrected chi connectivity index (χ3v) is 2.77. The van der Waals surface area contributed by atoms with Gasteiger partial charge in [-0.3, -0.25) is 4.79 Å². The van der Waals surface area contributed by atoms with E-state index in [2.05, 4.69) is 6.07 Å². The van der Waals surface area contributed by atoms with Gasteiger partial charge in [0.25, 0.3) is 0 Å². The van der Waals surface area contributed by atoms with E-state index >= 15 is 0 Å². The Balaban J connectivity index is 2.21. The SMILES string of the molecule is COCCCC(=O)N1CCC(C#N)CC1. The number of ether oxygens (including phenoxy) is 1. The molecule has 0 aromatic carbocycles. The largest absolute Gasteiger partial charge is 0.385 e. The van der Waals surface area contributed by atoms with Crippen molar-refractivity contribution < 1.29 is 9.53 Å². The average molecular weight is 210 g/mol. The number of piperidine rings is 1. The first kappa shape index (κ1) is 12.0. The predicted octanol–water partition coefficient (Wildman–Crippen LogP) is 1.18. The van der Waals surface area contributed by atoms with Crippen LogP contribution >= 0.6 is 0 Å². The van der Waals surface area contributed by atoms with E-state index in [1.54, 1.807) is 7.11 Å². The lowest BCUT2D eigenvalue weighted by molar-refractivity contribution is -0.132. The fourth-order valence-electron chi connectivity index (χ4n) is 1.78. The second kappa shape index (κ2) is 6.41. The zero-order chi connectivity index (χ0) is 11.1. The summed E-state index contributed by atoms with van der Waals surface area (Å²) in [6.07, 6.45) is 3.00. The van der Waals surface area contributed by atoms with Gasteiger partial charge >= 0.3 is 0 Å². The van der Waals surface area contributed by atoms with Crippen LogP contribution in [0.25, 0.3) is 0 Å². The van der Waals surface area contributed by atoms with Crippen LogP contribution in [0.5, 0.6) is 0 Å². The standard InChI is InChI=1S/C11H18N2O2/c1-15-8-2-3-11(14)13-6-4-10(9-12)5-7-13/h10H,2-8H2,1H3. The van der Waals surface area contributed by atoms with Gasteiger partial charge in [-0.2, -0.15) is 5.26 Å². The Labute approximate surface area is 90.8 Å². The first-order valence-corrected chi connectivity index (χ1v) is 5.44. The van der Waals surface area contributed by atoms with Crippen molar-refractivity contribution >= 4 is 5.91 Å². The van der Waals surface area contributed by atoms with Gasteiger partial charge in [0.15, 0.2) is 0 Å². The molecule has 0 N–H and O–H groups in total. The van der Waals surface area contributed by atoms with Crippen molar-refractivity contribution in [2.24, 2.45) is 5.92 Å². The van der Waals surface area contributed by atoms with Crippen LogP contribution in [0.1, 0.15) is 25.7 Å². The fourth-order valence-corrected chi connectivity index (χ4v) is 1.78. The van der Waals surface area contributed by atoms with Gasteiger partial charge in [0.05, 0.1) is 6.07 Å². The Morgan fingerprint density at radius 3 is 2.73 bits per heavy atom. The van der Waals surface area contributed by atoms with E-state index in [4.69, 9.17) is 10.00 Å². The topological polar surface area (TPSA) is 53.3 Å². The molecule has 0 bridgehead atoms. The molecule has 0 aliphatic carbocycles. The quantitative estimate of drug-likeness (QED) is 0.655.